The van der Waals surface area contributed by atoms with E-state index in [1.54, 1.807) is 4.90 Å². The lowest BCUT2D eigenvalue weighted by molar-refractivity contribution is -0.0149. The van der Waals surface area contributed by atoms with Gasteiger partial charge >= 0.3 is 6.03 Å². The van der Waals surface area contributed by atoms with E-state index in [0.29, 0.717) is 26.2 Å². The molecule has 2 N–H and O–H groups in total. The average Bonchev–Trinajstić information content (AvgIpc) is 2.50. The Morgan fingerprint density at radius 1 is 1.39 bits per heavy atom. The van der Waals surface area contributed by atoms with E-state index in [4.69, 9.17) is 4.74 Å². The number of benzene rings is 1. The highest BCUT2D eigenvalue weighted by Gasteiger charge is 2.21. The molecule has 1 atom stereocenters. The largest absolute Gasteiger partial charge is 0.391 e. The minimum atomic E-state index is -0.396. The summed E-state index contributed by atoms with van der Waals surface area (Å²) in [6, 6.07) is 7.94. The van der Waals surface area contributed by atoms with Crippen molar-refractivity contribution in [3.05, 3.63) is 35.4 Å². The zero-order valence-corrected chi connectivity index (χ0v) is 14.3. The molecule has 1 saturated heterocycles. The molecule has 0 aromatic heterocycles. The molecule has 0 bridgehead atoms. The van der Waals surface area contributed by atoms with Gasteiger partial charge < -0.3 is 20.1 Å². The van der Waals surface area contributed by atoms with Crippen molar-refractivity contribution in [2.24, 2.45) is 0 Å². The summed E-state index contributed by atoms with van der Waals surface area (Å²) in [5.74, 6) is 0. The van der Waals surface area contributed by atoms with Gasteiger partial charge in [0.2, 0.25) is 0 Å². The van der Waals surface area contributed by atoms with E-state index in [1.165, 1.54) is 0 Å². The zero-order chi connectivity index (χ0) is 16.9. The lowest BCUT2D eigenvalue weighted by Crippen LogP contribution is -2.46. The number of likely N-dealkylation sites (tertiary alicyclic amines) is 1. The van der Waals surface area contributed by atoms with Crippen LogP contribution in [0.2, 0.25) is 0 Å². The van der Waals surface area contributed by atoms with Crippen molar-refractivity contribution in [2.75, 3.05) is 13.1 Å². The van der Waals surface area contributed by atoms with Crippen molar-refractivity contribution in [1.82, 2.24) is 10.2 Å². The molecule has 2 amide bonds. The van der Waals surface area contributed by atoms with Crippen LogP contribution in [0.1, 0.15) is 44.7 Å². The molecule has 0 aliphatic carbocycles. The first-order valence-corrected chi connectivity index (χ1v) is 8.26. The van der Waals surface area contributed by atoms with Crippen LogP contribution in [0.4, 0.5) is 4.79 Å². The maximum atomic E-state index is 12.1. The third-order valence-electron chi connectivity index (χ3n) is 3.79. The van der Waals surface area contributed by atoms with Gasteiger partial charge in [0.05, 0.1) is 18.3 Å². The van der Waals surface area contributed by atoms with E-state index in [9.17, 15) is 9.90 Å². The second-order valence-corrected chi connectivity index (χ2v) is 7.12. The summed E-state index contributed by atoms with van der Waals surface area (Å²) in [6.07, 6.45) is 1.24. The molecule has 0 radical (unpaired) electrons. The summed E-state index contributed by atoms with van der Waals surface area (Å²) in [5.41, 5.74) is 1.98. The highest BCUT2D eigenvalue weighted by Crippen LogP contribution is 2.14. The van der Waals surface area contributed by atoms with E-state index in [0.717, 1.165) is 24.0 Å². The molecule has 1 aromatic carbocycles. The maximum Gasteiger partial charge on any atom is 0.317 e. The molecule has 5 heteroatoms. The number of β-amino-alcohol motifs (C(OH)–C–C–N with tert-alkyl or cyclic N) is 1. The van der Waals surface area contributed by atoms with Crippen molar-refractivity contribution in [1.29, 1.82) is 0 Å². The third kappa shape index (κ3) is 6.20. The van der Waals surface area contributed by atoms with Crippen LogP contribution in [-0.2, 0) is 17.9 Å². The quantitative estimate of drug-likeness (QED) is 0.896. The van der Waals surface area contributed by atoms with Crippen molar-refractivity contribution < 1.29 is 14.6 Å². The van der Waals surface area contributed by atoms with Crippen LogP contribution in [-0.4, -0.2) is 40.8 Å². The summed E-state index contributed by atoms with van der Waals surface area (Å²) >= 11 is 0. The van der Waals surface area contributed by atoms with Crippen LogP contribution in [0.3, 0.4) is 0 Å². The van der Waals surface area contributed by atoms with Crippen molar-refractivity contribution in [3.63, 3.8) is 0 Å². The predicted octanol–water partition coefficient (Wildman–Crippen LogP) is 2.67. The lowest BCUT2D eigenvalue weighted by Gasteiger charge is -2.30. The first-order chi connectivity index (χ1) is 10.8. The van der Waals surface area contributed by atoms with Crippen molar-refractivity contribution >= 4 is 6.03 Å². The van der Waals surface area contributed by atoms with E-state index in [2.05, 4.69) is 11.4 Å². The molecular weight excluding hydrogens is 292 g/mol. The number of rotatable bonds is 4. The molecule has 0 saturated carbocycles. The van der Waals surface area contributed by atoms with Gasteiger partial charge in [0.25, 0.3) is 0 Å². The van der Waals surface area contributed by atoms with Gasteiger partial charge in [-0.1, -0.05) is 24.3 Å². The SMILES string of the molecule is CC(C)(C)OCc1cccc(CNC(=O)N2CCC[C@H](O)C2)c1. The number of carbonyl (C=O) groups excluding carboxylic acids is 1. The van der Waals surface area contributed by atoms with E-state index in [-0.39, 0.29) is 11.6 Å². The van der Waals surface area contributed by atoms with E-state index >= 15 is 0 Å². The number of ether oxygens (including phenoxy) is 1. The average molecular weight is 320 g/mol. The molecule has 1 heterocycles. The number of hydrogen-bond donors (Lipinski definition) is 2. The Morgan fingerprint density at radius 3 is 2.83 bits per heavy atom. The molecule has 23 heavy (non-hydrogen) atoms. The summed E-state index contributed by atoms with van der Waals surface area (Å²) in [7, 11) is 0. The van der Waals surface area contributed by atoms with Crippen LogP contribution < -0.4 is 5.32 Å². The molecule has 5 nitrogen and oxygen atoms in total. The van der Waals surface area contributed by atoms with E-state index in [1.807, 2.05) is 39.0 Å². The molecular formula is C18H28N2O3. The Kier molecular flexibility index (Phi) is 6.02. The Hall–Kier alpha value is -1.59. The van der Waals surface area contributed by atoms with Crippen LogP contribution in [0, 0.1) is 0 Å². The van der Waals surface area contributed by atoms with Gasteiger partial charge in [0.1, 0.15) is 0 Å². The van der Waals surface area contributed by atoms with Gasteiger partial charge in [-0.25, -0.2) is 4.79 Å². The Morgan fingerprint density at radius 2 is 2.13 bits per heavy atom. The van der Waals surface area contributed by atoms with Crippen molar-refractivity contribution in [3.8, 4) is 0 Å². The Bertz CT molecular complexity index is 525. The number of aliphatic hydroxyl groups excluding tert-OH is 1. The summed E-state index contributed by atoms with van der Waals surface area (Å²) in [5, 5.41) is 12.6. The van der Waals surface area contributed by atoms with Crippen LogP contribution >= 0.6 is 0 Å². The number of carbonyl (C=O) groups is 1. The minimum absolute atomic E-state index is 0.111. The third-order valence-corrected chi connectivity index (χ3v) is 3.79. The Balaban J connectivity index is 1.84. The number of piperidine rings is 1. The molecule has 2 rings (SSSR count). The summed E-state index contributed by atoms with van der Waals surface area (Å²) in [6.45, 7) is 8.27. The van der Waals surface area contributed by atoms with Gasteiger partial charge in [-0.2, -0.15) is 0 Å². The highest BCUT2D eigenvalue weighted by molar-refractivity contribution is 5.74. The number of amides is 2. The second kappa shape index (κ2) is 7.79. The van der Waals surface area contributed by atoms with Gasteiger partial charge in [0, 0.05) is 19.6 Å². The highest BCUT2D eigenvalue weighted by atomic mass is 16.5. The Labute approximate surface area is 138 Å². The number of hydrogen-bond acceptors (Lipinski definition) is 3. The predicted molar refractivity (Wildman–Crippen MR) is 90.0 cm³/mol. The topological polar surface area (TPSA) is 61.8 Å². The molecule has 1 fully saturated rings. The van der Waals surface area contributed by atoms with Crippen LogP contribution in [0.25, 0.3) is 0 Å². The first kappa shape index (κ1) is 17.8. The van der Waals surface area contributed by atoms with Crippen LogP contribution in [0.15, 0.2) is 24.3 Å². The standard InChI is InChI=1S/C18H28N2O3/c1-18(2,3)23-13-15-7-4-6-14(10-15)11-19-17(22)20-9-5-8-16(21)12-20/h4,6-7,10,16,21H,5,8-9,11-13H2,1-3H3,(H,19,22)/t16-/m0/s1. The molecule has 128 valence electrons. The van der Waals surface area contributed by atoms with Crippen molar-refractivity contribution in [2.45, 2.75) is 58.5 Å². The number of nitrogens with one attached hydrogen (secondary N) is 1. The molecule has 0 spiro atoms. The minimum Gasteiger partial charge on any atom is -0.391 e. The smallest absolute Gasteiger partial charge is 0.317 e. The fourth-order valence-corrected chi connectivity index (χ4v) is 2.56. The number of urea groups is 1. The van der Waals surface area contributed by atoms with Gasteiger partial charge in [-0.15, -0.1) is 0 Å². The van der Waals surface area contributed by atoms with Crippen LogP contribution in [0.5, 0.6) is 0 Å². The van der Waals surface area contributed by atoms with Gasteiger partial charge in [0.15, 0.2) is 0 Å². The maximum absolute atomic E-state index is 12.1. The molecule has 1 aliphatic heterocycles. The normalized spacial score (nSPS) is 18.8. The summed E-state index contributed by atoms with van der Waals surface area (Å²) in [4.78, 5) is 13.8. The lowest BCUT2D eigenvalue weighted by atomic mass is 10.1. The zero-order valence-electron chi connectivity index (χ0n) is 14.3. The van der Waals surface area contributed by atoms with E-state index < -0.39 is 6.10 Å². The fraction of sp³-hybridized carbons (Fsp3) is 0.611. The monoisotopic (exact) mass is 320 g/mol. The molecule has 1 aliphatic rings. The molecule has 1 aromatic rings. The number of aliphatic hydroxyl groups is 1. The van der Waals surface area contributed by atoms with Gasteiger partial charge in [-0.05, 0) is 44.7 Å². The summed E-state index contributed by atoms with van der Waals surface area (Å²) < 4.78 is 5.78. The molecule has 0 unspecified atom stereocenters. The second-order valence-electron chi connectivity index (χ2n) is 7.12. The number of nitrogens with zero attached hydrogens (tertiary/aromatic N) is 1. The fourth-order valence-electron chi connectivity index (χ4n) is 2.56. The first-order valence-electron chi connectivity index (χ1n) is 8.26. The van der Waals surface area contributed by atoms with Gasteiger partial charge in [-0.3, -0.25) is 0 Å².